The van der Waals surface area contributed by atoms with Crippen molar-refractivity contribution in [2.45, 2.75) is 13.8 Å². The van der Waals surface area contributed by atoms with Crippen molar-refractivity contribution in [3.63, 3.8) is 0 Å². The molecule has 0 aliphatic rings. The van der Waals surface area contributed by atoms with Crippen molar-refractivity contribution in [1.29, 1.82) is 0 Å². The van der Waals surface area contributed by atoms with E-state index in [-0.39, 0.29) is 5.56 Å². The molecular formula is C19H18N4O4S. The van der Waals surface area contributed by atoms with Gasteiger partial charge in [-0.1, -0.05) is 0 Å². The highest BCUT2D eigenvalue weighted by molar-refractivity contribution is 7.14. The molecular weight excluding hydrogens is 380 g/mol. The number of ether oxygens (including phenoxy) is 1. The van der Waals surface area contributed by atoms with Crippen LogP contribution in [-0.4, -0.2) is 34.2 Å². The van der Waals surface area contributed by atoms with Crippen LogP contribution >= 0.6 is 11.3 Å². The predicted molar refractivity (Wildman–Crippen MR) is 105 cm³/mol. The van der Waals surface area contributed by atoms with Crippen LogP contribution in [0.3, 0.4) is 0 Å². The zero-order valence-corrected chi connectivity index (χ0v) is 16.1. The fourth-order valence-electron chi connectivity index (χ4n) is 2.61. The summed E-state index contributed by atoms with van der Waals surface area (Å²) < 4.78 is 6.80. The SMILES string of the molecule is Cc1cc(C)n(-c2ccc(C(=O)OCC(=O)Nc3sccc3C(N)=O)cc2)n1. The number of benzene rings is 1. The molecule has 0 aliphatic carbocycles. The zero-order valence-electron chi connectivity index (χ0n) is 15.3. The molecule has 3 rings (SSSR count). The first-order valence-corrected chi connectivity index (χ1v) is 9.21. The molecule has 0 bridgehead atoms. The van der Waals surface area contributed by atoms with Crippen LogP contribution in [0.25, 0.3) is 5.69 Å². The quantitative estimate of drug-likeness (QED) is 0.619. The van der Waals surface area contributed by atoms with Crippen LogP contribution < -0.4 is 11.1 Å². The molecule has 2 amide bonds. The Kier molecular flexibility index (Phi) is 5.55. The molecule has 8 nitrogen and oxygen atoms in total. The third kappa shape index (κ3) is 4.26. The fraction of sp³-hybridized carbons (Fsp3) is 0.158. The van der Waals surface area contributed by atoms with E-state index in [9.17, 15) is 14.4 Å². The van der Waals surface area contributed by atoms with E-state index in [0.717, 1.165) is 28.4 Å². The van der Waals surface area contributed by atoms with E-state index in [0.29, 0.717) is 10.6 Å². The van der Waals surface area contributed by atoms with E-state index in [1.54, 1.807) is 34.3 Å². The van der Waals surface area contributed by atoms with E-state index in [2.05, 4.69) is 10.4 Å². The van der Waals surface area contributed by atoms with Crippen LogP contribution in [0.2, 0.25) is 0 Å². The van der Waals surface area contributed by atoms with Gasteiger partial charge < -0.3 is 15.8 Å². The third-order valence-electron chi connectivity index (χ3n) is 3.88. The van der Waals surface area contributed by atoms with Crippen molar-refractivity contribution < 1.29 is 19.1 Å². The Morgan fingerprint density at radius 1 is 1.18 bits per heavy atom. The summed E-state index contributed by atoms with van der Waals surface area (Å²) in [6.45, 7) is 3.37. The van der Waals surface area contributed by atoms with Crippen molar-refractivity contribution in [3.8, 4) is 5.69 Å². The summed E-state index contributed by atoms with van der Waals surface area (Å²) in [5, 5.41) is 8.85. The number of primary amides is 1. The molecule has 0 saturated heterocycles. The topological polar surface area (TPSA) is 116 Å². The van der Waals surface area contributed by atoms with Crippen molar-refractivity contribution >= 4 is 34.1 Å². The van der Waals surface area contributed by atoms with Crippen LogP contribution in [0, 0.1) is 13.8 Å². The van der Waals surface area contributed by atoms with Gasteiger partial charge in [-0.2, -0.15) is 5.10 Å². The molecule has 0 atom stereocenters. The van der Waals surface area contributed by atoms with Gasteiger partial charge in [0.2, 0.25) is 0 Å². The third-order valence-corrected chi connectivity index (χ3v) is 4.71. The Balaban J connectivity index is 1.59. The number of nitrogens with zero attached hydrogens (tertiary/aromatic N) is 2. The number of nitrogens with two attached hydrogens (primary N) is 1. The lowest BCUT2D eigenvalue weighted by Crippen LogP contribution is -2.22. The highest BCUT2D eigenvalue weighted by atomic mass is 32.1. The number of aryl methyl sites for hydroxylation is 2. The number of thiophene rings is 1. The molecule has 3 N–H and O–H groups in total. The monoisotopic (exact) mass is 398 g/mol. The number of amides is 2. The minimum absolute atomic E-state index is 0.212. The Bertz CT molecular complexity index is 1040. The average molecular weight is 398 g/mol. The van der Waals surface area contributed by atoms with Crippen molar-refractivity contribution in [1.82, 2.24) is 9.78 Å². The van der Waals surface area contributed by atoms with Crippen LogP contribution in [0.4, 0.5) is 5.00 Å². The smallest absolute Gasteiger partial charge is 0.338 e. The maximum absolute atomic E-state index is 12.1. The van der Waals surface area contributed by atoms with Crippen LogP contribution in [-0.2, 0) is 9.53 Å². The lowest BCUT2D eigenvalue weighted by atomic mass is 10.2. The minimum atomic E-state index is -0.642. The Labute approximate surface area is 164 Å². The number of carbonyl (C=O) groups excluding carboxylic acids is 3. The number of anilines is 1. The number of hydrogen-bond donors (Lipinski definition) is 2. The summed E-state index contributed by atoms with van der Waals surface area (Å²) in [6.07, 6.45) is 0. The lowest BCUT2D eigenvalue weighted by molar-refractivity contribution is -0.119. The molecule has 2 aromatic heterocycles. The fourth-order valence-corrected chi connectivity index (χ4v) is 3.41. The summed E-state index contributed by atoms with van der Waals surface area (Å²) >= 11 is 1.16. The van der Waals surface area contributed by atoms with Gasteiger partial charge in [-0.3, -0.25) is 9.59 Å². The highest BCUT2D eigenvalue weighted by Crippen LogP contribution is 2.22. The van der Waals surface area contributed by atoms with Crippen molar-refractivity contribution in [3.05, 3.63) is 64.3 Å². The predicted octanol–water partition coefficient (Wildman–Crippen LogP) is 2.45. The largest absolute Gasteiger partial charge is 0.452 e. The number of aromatic nitrogens is 2. The first-order valence-electron chi connectivity index (χ1n) is 8.33. The van der Waals surface area contributed by atoms with Gasteiger partial charge in [0.1, 0.15) is 5.00 Å². The summed E-state index contributed by atoms with van der Waals surface area (Å²) in [5.41, 5.74) is 8.44. The Hall–Kier alpha value is -3.46. The highest BCUT2D eigenvalue weighted by Gasteiger charge is 2.15. The van der Waals surface area contributed by atoms with Gasteiger partial charge in [-0.05, 0) is 55.6 Å². The number of nitrogens with one attached hydrogen (secondary N) is 1. The number of hydrogen-bond acceptors (Lipinski definition) is 6. The van der Waals surface area contributed by atoms with Gasteiger partial charge in [-0.15, -0.1) is 11.3 Å². The summed E-state index contributed by atoms with van der Waals surface area (Å²) in [5.74, 6) is -1.83. The summed E-state index contributed by atoms with van der Waals surface area (Å²) in [6, 6.07) is 10.2. The second kappa shape index (κ2) is 8.05. The first-order chi connectivity index (χ1) is 13.3. The van der Waals surface area contributed by atoms with Crippen molar-refractivity contribution in [2.75, 3.05) is 11.9 Å². The van der Waals surface area contributed by atoms with E-state index in [4.69, 9.17) is 10.5 Å². The zero-order chi connectivity index (χ0) is 20.3. The molecule has 9 heteroatoms. The average Bonchev–Trinajstić information content (AvgIpc) is 3.25. The Morgan fingerprint density at radius 2 is 1.89 bits per heavy atom. The van der Waals surface area contributed by atoms with Gasteiger partial charge in [0, 0.05) is 5.69 Å². The molecule has 3 aromatic rings. The molecule has 0 unspecified atom stereocenters. The van der Waals surface area contributed by atoms with E-state index < -0.39 is 24.4 Å². The molecule has 0 spiro atoms. The van der Waals surface area contributed by atoms with E-state index in [1.165, 1.54) is 6.07 Å². The molecule has 0 saturated carbocycles. The minimum Gasteiger partial charge on any atom is -0.452 e. The molecule has 28 heavy (non-hydrogen) atoms. The van der Waals surface area contributed by atoms with Gasteiger partial charge in [0.05, 0.1) is 22.5 Å². The molecule has 0 aliphatic heterocycles. The summed E-state index contributed by atoms with van der Waals surface area (Å²) in [7, 11) is 0. The van der Waals surface area contributed by atoms with Gasteiger partial charge in [0.25, 0.3) is 11.8 Å². The molecule has 2 heterocycles. The van der Waals surface area contributed by atoms with Crippen molar-refractivity contribution in [2.24, 2.45) is 5.73 Å². The van der Waals surface area contributed by atoms with Gasteiger partial charge >= 0.3 is 5.97 Å². The number of carbonyl (C=O) groups is 3. The second-order valence-corrected chi connectivity index (χ2v) is 6.95. The second-order valence-electron chi connectivity index (χ2n) is 6.04. The first kappa shape index (κ1) is 19.3. The molecule has 1 aromatic carbocycles. The van der Waals surface area contributed by atoms with Crippen LogP contribution in [0.5, 0.6) is 0 Å². The number of esters is 1. The Morgan fingerprint density at radius 3 is 2.50 bits per heavy atom. The molecule has 0 radical (unpaired) electrons. The normalized spacial score (nSPS) is 10.5. The molecule has 144 valence electrons. The summed E-state index contributed by atoms with van der Waals surface area (Å²) in [4.78, 5) is 35.4. The van der Waals surface area contributed by atoms with Gasteiger partial charge in [0.15, 0.2) is 6.61 Å². The van der Waals surface area contributed by atoms with Gasteiger partial charge in [-0.25, -0.2) is 9.48 Å². The maximum Gasteiger partial charge on any atom is 0.338 e. The molecule has 0 fully saturated rings. The van der Waals surface area contributed by atoms with Crippen LogP contribution in [0.15, 0.2) is 41.8 Å². The van der Waals surface area contributed by atoms with E-state index >= 15 is 0 Å². The standard InChI is InChI=1S/C19H18N4O4S/c1-11-9-12(2)23(22-11)14-5-3-13(4-6-14)19(26)27-10-16(24)21-18-15(17(20)25)7-8-28-18/h3-9H,10H2,1-2H3,(H2,20,25)(H,21,24). The van der Waals surface area contributed by atoms with Crippen LogP contribution in [0.1, 0.15) is 32.1 Å². The number of rotatable bonds is 6. The van der Waals surface area contributed by atoms with E-state index in [1.807, 2.05) is 19.9 Å². The lowest BCUT2D eigenvalue weighted by Gasteiger charge is -2.08. The maximum atomic E-state index is 12.1.